The second-order valence-corrected chi connectivity index (χ2v) is 5.25. The zero-order chi connectivity index (χ0) is 11.5. The van der Waals surface area contributed by atoms with Crippen molar-refractivity contribution in [3.05, 3.63) is 22.4 Å². The van der Waals surface area contributed by atoms with Crippen molar-refractivity contribution >= 4 is 11.3 Å². The van der Waals surface area contributed by atoms with E-state index in [-0.39, 0.29) is 0 Å². The van der Waals surface area contributed by atoms with Crippen molar-refractivity contribution in [2.45, 2.75) is 24.7 Å². The second-order valence-electron chi connectivity index (χ2n) is 4.21. The largest absolute Gasteiger partial charge is 0.389 e. The normalized spacial score (nSPS) is 31.8. The standard InChI is InChI=1S/C11H17NO3S/c13-9-6-12(7-10(14)11(9)15)4-3-8-2-1-5-16-8/h1-2,5,9-11,13-15H,3-4,6-7H2/t9-,10+,11+. The number of hydrogen-bond acceptors (Lipinski definition) is 5. The van der Waals surface area contributed by atoms with Crippen molar-refractivity contribution in [3.8, 4) is 0 Å². The van der Waals surface area contributed by atoms with Crippen LogP contribution >= 0.6 is 11.3 Å². The molecule has 1 saturated heterocycles. The number of likely N-dealkylation sites (tertiary alicyclic amines) is 1. The summed E-state index contributed by atoms with van der Waals surface area (Å²) in [7, 11) is 0. The molecule has 2 rings (SSSR count). The zero-order valence-electron chi connectivity index (χ0n) is 8.99. The molecule has 3 N–H and O–H groups in total. The molecule has 1 aliphatic rings. The minimum absolute atomic E-state index is 0.434. The highest BCUT2D eigenvalue weighted by Crippen LogP contribution is 2.14. The summed E-state index contributed by atoms with van der Waals surface area (Å²) in [5, 5.41) is 30.5. The van der Waals surface area contributed by atoms with E-state index < -0.39 is 18.3 Å². The molecule has 1 aliphatic heterocycles. The Morgan fingerprint density at radius 3 is 2.50 bits per heavy atom. The van der Waals surface area contributed by atoms with Gasteiger partial charge in [-0.15, -0.1) is 11.3 Å². The van der Waals surface area contributed by atoms with Crippen molar-refractivity contribution in [3.63, 3.8) is 0 Å². The van der Waals surface area contributed by atoms with E-state index in [1.165, 1.54) is 4.88 Å². The Morgan fingerprint density at radius 2 is 1.94 bits per heavy atom. The van der Waals surface area contributed by atoms with Gasteiger partial charge in [0.2, 0.25) is 0 Å². The fraction of sp³-hybridized carbons (Fsp3) is 0.636. The van der Waals surface area contributed by atoms with E-state index in [2.05, 4.69) is 6.07 Å². The average molecular weight is 243 g/mol. The van der Waals surface area contributed by atoms with Gasteiger partial charge < -0.3 is 15.3 Å². The zero-order valence-corrected chi connectivity index (χ0v) is 9.81. The van der Waals surface area contributed by atoms with Crippen molar-refractivity contribution in [1.29, 1.82) is 0 Å². The third-order valence-electron chi connectivity index (χ3n) is 2.93. The van der Waals surface area contributed by atoms with Crippen LogP contribution in [0.15, 0.2) is 17.5 Å². The quantitative estimate of drug-likeness (QED) is 0.681. The Bertz CT molecular complexity index is 305. The highest BCUT2D eigenvalue weighted by Gasteiger charge is 2.32. The molecule has 1 aromatic rings. The average Bonchev–Trinajstić information content (AvgIpc) is 2.75. The molecule has 0 aliphatic carbocycles. The topological polar surface area (TPSA) is 63.9 Å². The number of rotatable bonds is 3. The molecule has 0 spiro atoms. The van der Waals surface area contributed by atoms with Gasteiger partial charge in [0.1, 0.15) is 6.10 Å². The number of piperidine rings is 1. The van der Waals surface area contributed by atoms with Crippen LogP contribution in [0.3, 0.4) is 0 Å². The van der Waals surface area contributed by atoms with Crippen LogP contribution in [0.4, 0.5) is 0 Å². The van der Waals surface area contributed by atoms with E-state index in [4.69, 9.17) is 0 Å². The smallest absolute Gasteiger partial charge is 0.108 e. The van der Waals surface area contributed by atoms with Gasteiger partial charge in [-0.25, -0.2) is 0 Å². The van der Waals surface area contributed by atoms with Crippen LogP contribution in [0, 0.1) is 0 Å². The first-order valence-electron chi connectivity index (χ1n) is 5.46. The Morgan fingerprint density at radius 1 is 1.25 bits per heavy atom. The van der Waals surface area contributed by atoms with E-state index in [0.717, 1.165) is 13.0 Å². The van der Waals surface area contributed by atoms with Gasteiger partial charge in [0.25, 0.3) is 0 Å². The third kappa shape index (κ3) is 2.81. The predicted octanol–water partition coefficient (Wildman–Crippen LogP) is -0.311. The minimum atomic E-state index is -1.00. The molecule has 0 aromatic carbocycles. The van der Waals surface area contributed by atoms with Gasteiger partial charge in [-0.2, -0.15) is 0 Å². The van der Waals surface area contributed by atoms with Crippen molar-refractivity contribution < 1.29 is 15.3 Å². The van der Waals surface area contributed by atoms with Crippen molar-refractivity contribution in [1.82, 2.24) is 4.90 Å². The molecule has 0 unspecified atom stereocenters. The number of β-amino-alcohol motifs (C(OH)–C–C–N with tert-alkyl or cyclic N) is 2. The number of hydrogen-bond donors (Lipinski definition) is 3. The molecular weight excluding hydrogens is 226 g/mol. The first-order chi connectivity index (χ1) is 7.66. The number of nitrogens with zero attached hydrogens (tertiary/aromatic N) is 1. The summed E-state index contributed by atoms with van der Waals surface area (Å²) in [4.78, 5) is 3.29. The van der Waals surface area contributed by atoms with E-state index in [1.54, 1.807) is 11.3 Å². The van der Waals surface area contributed by atoms with Gasteiger partial charge >= 0.3 is 0 Å². The summed E-state index contributed by atoms with van der Waals surface area (Å²) < 4.78 is 0. The maximum atomic E-state index is 9.53. The summed E-state index contributed by atoms with van der Waals surface area (Å²) in [5.41, 5.74) is 0. The summed E-state index contributed by atoms with van der Waals surface area (Å²) >= 11 is 1.71. The van der Waals surface area contributed by atoms with E-state index in [9.17, 15) is 15.3 Å². The Kier molecular flexibility index (Phi) is 3.94. The molecule has 4 nitrogen and oxygen atoms in total. The van der Waals surface area contributed by atoms with Gasteiger partial charge in [-0.3, -0.25) is 4.90 Å². The highest BCUT2D eigenvalue weighted by molar-refractivity contribution is 7.09. The van der Waals surface area contributed by atoms with Gasteiger partial charge in [0, 0.05) is 24.5 Å². The van der Waals surface area contributed by atoms with Gasteiger partial charge in [0.05, 0.1) is 12.2 Å². The predicted molar refractivity (Wildman–Crippen MR) is 62.5 cm³/mol. The van der Waals surface area contributed by atoms with E-state index in [1.807, 2.05) is 16.3 Å². The fourth-order valence-corrected chi connectivity index (χ4v) is 2.68. The number of aliphatic hydroxyl groups is 3. The van der Waals surface area contributed by atoms with Crippen LogP contribution in [0.1, 0.15) is 4.88 Å². The lowest BCUT2D eigenvalue weighted by molar-refractivity contribution is -0.109. The summed E-state index contributed by atoms with van der Waals surface area (Å²) in [6.07, 6.45) is -1.76. The molecule has 1 fully saturated rings. The molecule has 16 heavy (non-hydrogen) atoms. The van der Waals surface area contributed by atoms with Crippen molar-refractivity contribution in [2.75, 3.05) is 19.6 Å². The molecule has 0 saturated carbocycles. The lowest BCUT2D eigenvalue weighted by Gasteiger charge is -2.36. The maximum Gasteiger partial charge on any atom is 0.108 e. The molecule has 5 heteroatoms. The number of thiophene rings is 1. The lowest BCUT2D eigenvalue weighted by atomic mass is 10.0. The van der Waals surface area contributed by atoms with Crippen LogP contribution < -0.4 is 0 Å². The molecule has 2 heterocycles. The summed E-state index contributed by atoms with van der Waals surface area (Å²) in [5.74, 6) is 0. The highest BCUT2D eigenvalue weighted by atomic mass is 32.1. The van der Waals surface area contributed by atoms with Crippen LogP contribution in [0.25, 0.3) is 0 Å². The molecule has 0 radical (unpaired) electrons. The molecule has 0 bridgehead atoms. The summed E-state index contributed by atoms with van der Waals surface area (Å²) in [6.45, 7) is 1.68. The first kappa shape index (κ1) is 12.0. The molecule has 3 atom stereocenters. The fourth-order valence-electron chi connectivity index (χ4n) is 1.98. The molecule has 1 aromatic heterocycles. The van der Waals surface area contributed by atoms with Crippen LogP contribution in [0.5, 0.6) is 0 Å². The SMILES string of the molecule is O[C@H]1[C@H](O)CN(CCc2cccs2)C[C@@H]1O. The van der Waals surface area contributed by atoms with Gasteiger partial charge in [0.15, 0.2) is 0 Å². The first-order valence-corrected chi connectivity index (χ1v) is 6.33. The lowest BCUT2D eigenvalue weighted by Crippen LogP contribution is -2.55. The van der Waals surface area contributed by atoms with Crippen LogP contribution in [-0.2, 0) is 6.42 Å². The Balaban J connectivity index is 1.82. The summed E-state index contributed by atoms with van der Waals surface area (Å²) in [6, 6.07) is 4.10. The van der Waals surface area contributed by atoms with Gasteiger partial charge in [-0.1, -0.05) is 6.07 Å². The van der Waals surface area contributed by atoms with Crippen molar-refractivity contribution in [2.24, 2.45) is 0 Å². The molecule has 0 amide bonds. The maximum absolute atomic E-state index is 9.53. The van der Waals surface area contributed by atoms with E-state index >= 15 is 0 Å². The Hall–Kier alpha value is -0.460. The molecular formula is C11H17NO3S. The van der Waals surface area contributed by atoms with Gasteiger partial charge in [-0.05, 0) is 17.9 Å². The second kappa shape index (κ2) is 5.25. The molecule has 90 valence electrons. The monoisotopic (exact) mass is 243 g/mol. The Labute approximate surface area is 98.8 Å². The van der Waals surface area contributed by atoms with Crippen LogP contribution in [0.2, 0.25) is 0 Å². The third-order valence-corrected chi connectivity index (χ3v) is 3.87. The van der Waals surface area contributed by atoms with Crippen LogP contribution in [-0.4, -0.2) is 58.2 Å². The number of aliphatic hydroxyl groups excluding tert-OH is 3. The minimum Gasteiger partial charge on any atom is -0.389 e. The van der Waals surface area contributed by atoms with E-state index in [0.29, 0.717) is 13.1 Å².